The number of hydrogen-bond donors (Lipinski definition) is 2. The lowest BCUT2D eigenvalue weighted by atomic mass is 9.99. The highest BCUT2D eigenvalue weighted by molar-refractivity contribution is 5.82. The molecule has 160 valence electrons. The summed E-state index contributed by atoms with van der Waals surface area (Å²) in [6, 6.07) is 6.87. The van der Waals surface area contributed by atoms with E-state index in [0.717, 1.165) is 38.2 Å². The first-order valence-corrected chi connectivity index (χ1v) is 10.7. The number of halogens is 1. The Kier molecular flexibility index (Phi) is 5.38. The summed E-state index contributed by atoms with van der Waals surface area (Å²) in [5.41, 5.74) is 2.77. The van der Waals surface area contributed by atoms with E-state index in [1.54, 1.807) is 24.4 Å². The minimum absolute atomic E-state index is 0.269. The summed E-state index contributed by atoms with van der Waals surface area (Å²) in [5, 5.41) is 6.58. The van der Waals surface area contributed by atoms with E-state index in [0.29, 0.717) is 28.7 Å². The number of aromatic nitrogens is 4. The summed E-state index contributed by atoms with van der Waals surface area (Å²) in [6.07, 6.45) is 10.7. The molecule has 5 rings (SSSR count). The van der Waals surface area contributed by atoms with Crippen LogP contribution in [0.15, 0.2) is 48.7 Å². The van der Waals surface area contributed by atoms with Crippen LogP contribution in [-0.4, -0.2) is 38.8 Å². The van der Waals surface area contributed by atoms with Crippen molar-refractivity contribution in [2.24, 2.45) is 5.92 Å². The third-order valence-corrected chi connectivity index (χ3v) is 5.73. The van der Waals surface area contributed by atoms with Crippen molar-refractivity contribution in [2.45, 2.75) is 32.2 Å². The van der Waals surface area contributed by atoms with Crippen molar-refractivity contribution in [2.75, 3.05) is 23.8 Å². The maximum atomic E-state index is 14.3. The summed E-state index contributed by atoms with van der Waals surface area (Å²) >= 11 is 0. The van der Waals surface area contributed by atoms with Gasteiger partial charge in [0, 0.05) is 30.9 Å². The molecule has 3 aromatic rings. The van der Waals surface area contributed by atoms with Crippen LogP contribution in [0.5, 0.6) is 0 Å². The van der Waals surface area contributed by atoms with Gasteiger partial charge in [-0.1, -0.05) is 31.2 Å². The molecule has 3 heterocycles. The molecule has 7 nitrogen and oxygen atoms in total. The fourth-order valence-corrected chi connectivity index (χ4v) is 4.01. The lowest BCUT2D eigenvalue weighted by molar-refractivity contribution is 0.0903. The molecule has 0 radical (unpaired) electrons. The number of para-hydroxylation sites is 1. The van der Waals surface area contributed by atoms with Crippen molar-refractivity contribution in [1.82, 2.24) is 19.5 Å². The quantitative estimate of drug-likeness (QED) is 0.621. The van der Waals surface area contributed by atoms with Gasteiger partial charge in [0.25, 0.3) is 0 Å². The normalized spacial score (nSPS) is 19.4. The van der Waals surface area contributed by atoms with E-state index in [1.165, 1.54) is 6.07 Å². The molecule has 31 heavy (non-hydrogen) atoms. The van der Waals surface area contributed by atoms with Crippen LogP contribution in [-0.2, 0) is 4.74 Å². The van der Waals surface area contributed by atoms with Crippen molar-refractivity contribution in [3.05, 3.63) is 54.5 Å². The van der Waals surface area contributed by atoms with E-state index in [-0.39, 0.29) is 17.8 Å². The molecular formula is C23H25FN6O. The molecule has 1 unspecified atom stereocenters. The highest BCUT2D eigenvalue weighted by Crippen LogP contribution is 2.33. The summed E-state index contributed by atoms with van der Waals surface area (Å²) in [5.74, 6) is 1.02. The highest BCUT2D eigenvalue weighted by Gasteiger charge is 2.22. The van der Waals surface area contributed by atoms with Crippen LogP contribution in [0.3, 0.4) is 0 Å². The van der Waals surface area contributed by atoms with Crippen LogP contribution in [0.1, 0.15) is 26.2 Å². The van der Waals surface area contributed by atoms with Crippen LogP contribution in [0, 0.1) is 11.7 Å². The Balaban J connectivity index is 1.58. The van der Waals surface area contributed by atoms with Crippen molar-refractivity contribution in [3.63, 3.8) is 0 Å². The van der Waals surface area contributed by atoms with Crippen molar-refractivity contribution in [1.29, 1.82) is 0 Å². The Bertz CT molecular complexity index is 1150. The third-order valence-electron chi connectivity index (χ3n) is 5.73. The van der Waals surface area contributed by atoms with Crippen LogP contribution >= 0.6 is 0 Å². The van der Waals surface area contributed by atoms with Gasteiger partial charge in [-0.2, -0.15) is 4.98 Å². The molecule has 1 fully saturated rings. The van der Waals surface area contributed by atoms with Gasteiger partial charge in [-0.3, -0.25) is 4.57 Å². The van der Waals surface area contributed by atoms with Crippen molar-refractivity contribution < 1.29 is 9.13 Å². The second-order valence-electron chi connectivity index (χ2n) is 7.97. The van der Waals surface area contributed by atoms with Gasteiger partial charge < -0.3 is 15.4 Å². The van der Waals surface area contributed by atoms with Gasteiger partial charge in [0.05, 0.1) is 11.9 Å². The number of nitrogens with zero attached hydrogens (tertiary/aromatic N) is 4. The lowest BCUT2D eigenvalue weighted by Gasteiger charge is -2.23. The molecular weight excluding hydrogens is 395 g/mol. The minimum atomic E-state index is -0.334. The Hall–Kier alpha value is -3.26. The number of ether oxygens (including phenoxy) is 1. The summed E-state index contributed by atoms with van der Waals surface area (Å²) in [7, 11) is 0. The number of imidazole rings is 1. The Morgan fingerprint density at radius 3 is 2.81 bits per heavy atom. The van der Waals surface area contributed by atoms with Crippen molar-refractivity contribution in [3.8, 4) is 0 Å². The van der Waals surface area contributed by atoms with Crippen LogP contribution in [0.25, 0.3) is 16.9 Å². The molecule has 1 saturated heterocycles. The van der Waals surface area contributed by atoms with Gasteiger partial charge in [-0.15, -0.1) is 0 Å². The largest absolute Gasteiger partial charge is 0.381 e. The van der Waals surface area contributed by atoms with E-state index in [4.69, 9.17) is 14.7 Å². The standard InChI is InChI=1S/C23H25FN6O/c1-15-6-2-5-9-20(15)30-21-19(28-23(30)27-18-8-4-3-7-17(18)24)14-25-22(29-21)26-16-10-12-31-13-11-16/h2-5,7-9,14-16H,6,10-13H2,1H3,(H,27,28)(H,25,26,29). The predicted octanol–water partition coefficient (Wildman–Crippen LogP) is 4.74. The first-order chi connectivity index (χ1) is 15.2. The summed E-state index contributed by atoms with van der Waals surface area (Å²) in [6.45, 7) is 3.65. The molecule has 1 aromatic carbocycles. The first kappa shape index (κ1) is 19.7. The van der Waals surface area contributed by atoms with Gasteiger partial charge in [-0.05, 0) is 37.5 Å². The van der Waals surface area contributed by atoms with E-state index in [2.05, 4.69) is 34.7 Å². The van der Waals surface area contributed by atoms with Crippen LogP contribution in [0.4, 0.5) is 22.0 Å². The zero-order chi connectivity index (χ0) is 21.2. The zero-order valence-corrected chi connectivity index (χ0v) is 17.4. The number of benzene rings is 1. The second kappa shape index (κ2) is 8.47. The van der Waals surface area contributed by atoms with E-state index in [1.807, 2.05) is 10.6 Å². The molecule has 0 amide bonds. The van der Waals surface area contributed by atoms with Crippen LogP contribution < -0.4 is 10.6 Å². The molecule has 1 aliphatic carbocycles. The average Bonchev–Trinajstić information content (AvgIpc) is 3.13. The van der Waals surface area contributed by atoms with Gasteiger partial charge in [0.15, 0.2) is 5.65 Å². The van der Waals surface area contributed by atoms with Gasteiger partial charge in [-0.25, -0.2) is 14.4 Å². The highest BCUT2D eigenvalue weighted by atomic mass is 19.1. The van der Waals surface area contributed by atoms with Gasteiger partial charge in [0.1, 0.15) is 11.3 Å². The van der Waals surface area contributed by atoms with Crippen LogP contribution in [0.2, 0.25) is 0 Å². The third kappa shape index (κ3) is 4.03. The topological polar surface area (TPSA) is 76.9 Å². The van der Waals surface area contributed by atoms with E-state index >= 15 is 0 Å². The Morgan fingerprint density at radius 2 is 2.00 bits per heavy atom. The molecule has 2 aromatic heterocycles. The Morgan fingerprint density at radius 1 is 1.16 bits per heavy atom. The smallest absolute Gasteiger partial charge is 0.224 e. The van der Waals surface area contributed by atoms with Gasteiger partial charge in [0.2, 0.25) is 11.9 Å². The molecule has 8 heteroatoms. The Labute approximate surface area is 180 Å². The predicted molar refractivity (Wildman–Crippen MR) is 120 cm³/mol. The van der Waals surface area contributed by atoms with E-state index in [9.17, 15) is 4.39 Å². The number of hydrogen-bond acceptors (Lipinski definition) is 6. The number of anilines is 3. The molecule has 0 bridgehead atoms. The zero-order valence-electron chi connectivity index (χ0n) is 17.4. The van der Waals surface area contributed by atoms with Crippen molar-refractivity contribution >= 4 is 34.4 Å². The number of allylic oxidation sites excluding steroid dienone is 4. The molecule has 0 saturated carbocycles. The fraction of sp³-hybridized carbons (Fsp3) is 0.348. The number of fused-ring (bicyclic) bond motifs is 1. The molecule has 1 atom stereocenters. The molecule has 0 spiro atoms. The average molecular weight is 420 g/mol. The molecule has 1 aliphatic heterocycles. The molecule has 2 N–H and O–H groups in total. The summed E-state index contributed by atoms with van der Waals surface area (Å²) < 4.78 is 21.8. The summed E-state index contributed by atoms with van der Waals surface area (Å²) in [4.78, 5) is 14.0. The lowest BCUT2D eigenvalue weighted by Crippen LogP contribution is -2.28. The monoisotopic (exact) mass is 420 g/mol. The maximum Gasteiger partial charge on any atom is 0.224 e. The second-order valence-corrected chi connectivity index (χ2v) is 7.97. The number of rotatable bonds is 5. The fourth-order valence-electron chi connectivity index (χ4n) is 4.01. The first-order valence-electron chi connectivity index (χ1n) is 10.7. The molecule has 2 aliphatic rings. The maximum absolute atomic E-state index is 14.3. The van der Waals surface area contributed by atoms with Gasteiger partial charge >= 0.3 is 0 Å². The van der Waals surface area contributed by atoms with E-state index < -0.39 is 0 Å². The minimum Gasteiger partial charge on any atom is -0.381 e. The SMILES string of the molecule is CC1CC=CC=C1n1c(Nc2ccccc2F)nc2cnc(NC3CCOCC3)nc21. The number of nitrogens with one attached hydrogen (secondary N) is 2.